The van der Waals surface area contributed by atoms with Crippen LogP contribution in [0.5, 0.6) is 0 Å². The summed E-state index contributed by atoms with van der Waals surface area (Å²) in [4.78, 5) is 4.10. The lowest BCUT2D eigenvalue weighted by molar-refractivity contribution is 0.00819. The highest BCUT2D eigenvalue weighted by atomic mass is 19.4. The summed E-state index contributed by atoms with van der Waals surface area (Å²) in [6.07, 6.45) is 4.79. The minimum Gasteiger partial charge on any atom is -0.338 e. The van der Waals surface area contributed by atoms with Crippen molar-refractivity contribution in [2.45, 2.75) is 20.0 Å². The number of rotatable bonds is 1. The van der Waals surface area contributed by atoms with Crippen LogP contribution < -0.4 is 0 Å². The highest BCUT2D eigenvalue weighted by molar-refractivity contribution is 4.89. The van der Waals surface area contributed by atoms with Crippen LogP contribution in [0.2, 0.25) is 0 Å². The van der Waals surface area contributed by atoms with Gasteiger partial charge >= 0.3 is 6.68 Å². The Hall–Kier alpha value is -1.00. The predicted molar refractivity (Wildman–Crippen MR) is 39.7 cm³/mol. The van der Waals surface area contributed by atoms with E-state index in [1.54, 1.807) is 0 Å². The van der Waals surface area contributed by atoms with Gasteiger partial charge in [-0.3, -0.25) is 0 Å². The highest BCUT2D eigenvalue weighted by Crippen LogP contribution is 1.92. The molecule has 0 saturated carbocycles. The van der Waals surface area contributed by atoms with Crippen LogP contribution in [-0.4, -0.2) is 16.2 Å². The van der Waals surface area contributed by atoms with Crippen molar-refractivity contribution < 1.29 is 13.2 Å². The molecule has 0 N–H and O–H groups in total. The smallest absolute Gasteiger partial charge is 0.338 e. The molecule has 1 rings (SSSR count). The lowest BCUT2D eigenvalue weighted by atomic mass is 10.5. The maximum atomic E-state index is 9.67. The van der Waals surface area contributed by atoms with E-state index < -0.39 is 6.68 Å². The third kappa shape index (κ3) is 4.76. The molecule has 12 heavy (non-hydrogen) atoms. The van der Waals surface area contributed by atoms with Gasteiger partial charge in [0.2, 0.25) is 0 Å². The van der Waals surface area contributed by atoms with Gasteiger partial charge in [-0.25, -0.2) is 4.98 Å². The molecule has 0 spiro atoms. The summed E-state index contributed by atoms with van der Waals surface area (Å²) < 4.78 is 31.0. The molecule has 0 aliphatic rings. The van der Waals surface area contributed by atoms with E-state index in [1.807, 2.05) is 24.0 Å². The number of hydrogen-bond donors (Lipinski definition) is 0. The molecule has 0 fully saturated rings. The van der Waals surface area contributed by atoms with Crippen LogP contribution in [0.25, 0.3) is 0 Å². The molecule has 0 saturated heterocycles. The fraction of sp³-hybridized carbons (Fsp3) is 0.571. The Morgan fingerprint density at radius 1 is 1.50 bits per heavy atom. The van der Waals surface area contributed by atoms with Gasteiger partial charge in [-0.15, -0.1) is 0 Å². The fourth-order valence-electron chi connectivity index (χ4n) is 0.737. The number of aromatic nitrogens is 2. The SMILES string of the molecule is CCc1nccn1C.FC(F)F. The van der Waals surface area contributed by atoms with Crippen molar-refractivity contribution in [2.24, 2.45) is 7.05 Å². The standard InChI is InChI=1S/C6H10N2.CHF3/c1-3-6-7-4-5-8(6)2;2-1(3)4/h4-5H,3H2,1-2H3;1H. The van der Waals surface area contributed by atoms with Gasteiger partial charge in [0, 0.05) is 25.9 Å². The Morgan fingerprint density at radius 3 is 2.17 bits per heavy atom. The fourth-order valence-corrected chi connectivity index (χ4v) is 0.737. The molecule has 0 atom stereocenters. The van der Waals surface area contributed by atoms with Crippen molar-refractivity contribution in [1.82, 2.24) is 9.55 Å². The summed E-state index contributed by atoms with van der Waals surface area (Å²) >= 11 is 0. The van der Waals surface area contributed by atoms with Crippen LogP contribution in [0, 0.1) is 0 Å². The summed E-state index contributed by atoms with van der Waals surface area (Å²) in [5, 5.41) is 0. The monoisotopic (exact) mass is 180 g/mol. The second-order valence-electron chi connectivity index (χ2n) is 2.06. The molecule has 0 aliphatic heterocycles. The minimum absolute atomic E-state index is 1.02. The second-order valence-corrected chi connectivity index (χ2v) is 2.06. The molecule has 0 aromatic carbocycles. The molecule has 70 valence electrons. The van der Waals surface area contributed by atoms with E-state index in [0.29, 0.717) is 0 Å². The quantitative estimate of drug-likeness (QED) is 0.647. The Bertz CT molecular complexity index is 207. The van der Waals surface area contributed by atoms with Gasteiger partial charge in [0.1, 0.15) is 5.82 Å². The van der Waals surface area contributed by atoms with E-state index in [-0.39, 0.29) is 0 Å². The number of aryl methyl sites for hydroxylation is 2. The maximum absolute atomic E-state index is 9.67. The molecular formula is C7H11F3N2. The third-order valence-electron chi connectivity index (χ3n) is 1.24. The lowest BCUT2D eigenvalue weighted by Crippen LogP contribution is -1.92. The maximum Gasteiger partial charge on any atom is 0.379 e. The normalized spacial score (nSPS) is 9.50. The van der Waals surface area contributed by atoms with E-state index >= 15 is 0 Å². The zero-order chi connectivity index (χ0) is 9.56. The third-order valence-corrected chi connectivity index (χ3v) is 1.24. The van der Waals surface area contributed by atoms with Crippen molar-refractivity contribution in [3.63, 3.8) is 0 Å². The summed E-state index contributed by atoms with van der Waals surface area (Å²) in [6.45, 7) is -1.57. The van der Waals surface area contributed by atoms with Gasteiger partial charge in [-0.1, -0.05) is 6.92 Å². The molecule has 1 heterocycles. The molecule has 5 heteroatoms. The van der Waals surface area contributed by atoms with Gasteiger partial charge < -0.3 is 4.57 Å². The van der Waals surface area contributed by atoms with Crippen LogP contribution in [-0.2, 0) is 13.5 Å². The van der Waals surface area contributed by atoms with E-state index in [1.165, 1.54) is 0 Å². The predicted octanol–water partition coefficient (Wildman–Crippen LogP) is 2.16. The van der Waals surface area contributed by atoms with E-state index in [0.717, 1.165) is 12.2 Å². The zero-order valence-corrected chi connectivity index (χ0v) is 6.97. The van der Waals surface area contributed by atoms with Gasteiger partial charge in [0.05, 0.1) is 0 Å². The summed E-state index contributed by atoms with van der Waals surface area (Å²) in [7, 11) is 2.01. The number of nitrogens with zero attached hydrogens (tertiary/aromatic N) is 2. The zero-order valence-electron chi connectivity index (χ0n) is 6.97. The van der Waals surface area contributed by atoms with Crippen molar-refractivity contribution >= 4 is 0 Å². The van der Waals surface area contributed by atoms with Crippen LogP contribution in [0.3, 0.4) is 0 Å². The highest BCUT2D eigenvalue weighted by Gasteiger charge is 1.90. The lowest BCUT2D eigenvalue weighted by Gasteiger charge is -1.92. The van der Waals surface area contributed by atoms with Crippen molar-refractivity contribution in [1.29, 1.82) is 0 Å². The second kappa shape index (κ2) is 5.62. The Labute approximate surface area is 69.0 Å². The first kappa shape index (κ1) is 11.0. The topological polar surface area (TPSA) is 17.8 Å². The summed E-state index contributed by atoms with van der Waals surface area (Å²) in [6, 6.07) is 0. The van der Waals surface area contributed by atoms with Crippen molar-refractivity contribution in [3.05, 3.63) is 18.2 Å². The molecule has 1 aromatic rings. The minimum atomic E-state index is -3.67. The first-order chi connectivity index (χ1) is 5.57. The summed E-state index contributed by atoms with van der Waals surface area (Å²) in [5.74, 6) is 1.14. The molecular weight excluding hydrogens is 169 g/mol. The molecule has 0 aliphatic carbocycles. The van der Waals surface area contributed by atoms with Crippen molar-refractivity contribution in [2.75, 3.05) is 0 Å². The largest absolute Gasteiger partial charge is 0.379 e. The number of alkyl halides is 3. The van der Waals surface area contributed by atoms with E-state index in [4.69, 9.17) is 0 Å². The first-order valence-corrected chi connectivity index (χ1v) is 3.46. The molecule has 1 aromatic heterocycles. The van der Waals surface area contributed by atoms with E-state index in [9.17, 15) is 13.2 Å². The number of imidazole rings is 1. The Kier molecular flexibility index (Phi) is 5.16. The first-order valence-electron chi connectivity index (χ1n) is 3.46. The van der Waals surface area contributed by atoms with E-state index in [2.05, 4.69) is 11.9 Å². The molecule has 2 nitrogen and oxygen atoms in total. The van der Waals surface area contributed by atoms with Gasteiger partial charge in [0.15, 0.2) is 0 Å². The molecule has 0 radical (unpaired) electrons. The van der Waals surface area contributed by atoms with Crippen LogP contribution in [0.15, 0.2) is 12.4 Å². The average molecular weight is 180 g/mol. The number of hydrogen-bond acceptors (Lipinski definition) is 1. The van der Waals surface area contributed by atoms with Gasteiger partial charge in [0.25, 0.3) is 0 Å². The average Bonchev–Trinajstić information content (AvgIpc) is 2.33. The van der Waals surface area contributed by atoms with Crippen molar-refractivity contribution in [3.8, 4) is 0 Å². The van der Waals surface area contributed by atoms with Crippen LogP contribution in [0.4, 0.5) is 13.2 Å². The molecule has 0 bridgehead atoms. The summed E-state index contributed by atoms with van der Waals surface area (Å²) in [5.41, 5.74) is 0. The molecule has 0 amide bonds. The number of halogens is 3. The van der Waals surface area contributed by atoms with Crippen LogP contribution >= 0.6 is 0 Å². The molecule has 0 unspecified atom stereocenters. The van der Waals surface area contributed by atoms with Gasteiger partial charge in [-0.2, -0.15) is 13.2 Å². The van der Waals surface area contributed by atoms with Crippen LogP contribution in [0.1, 0.15) is 12.7 Å². The Balaban J connectivity index is 0.000000261. The Morgan fingerprint density at radius 2 is 2.00 bits per heavy atom. The van der Waals surface area contributed by atoms with Gasteiger partial charge in [-0.05, 0) is 0 Å².